The van der Waals surface area contributed by atoms with Crippen molar-refractivity contribution in [2.75, 3.05) is 19.0 Å². The fourth-order valence-electron chi connectivity index (χ4n) is 2.78. The zero-order valence-corrected chi connectivity index (χ0v) is 14.9. The number of H-pyrrole nitrogens is 1. The normalized spacial score (nSPS) is 13.9. The Labute approximate surface area is 152 Å². The number of aliphatic hydroxyl groups is 1. The average Bonchev–Trinajstić information content (AvgIpc) is 2.90. The van der Waals surface area contributed by atoms with Crippen LogP contribution in [0.4, 0.5) is 23.8 Å². The van der Waals surface area contributed by atoms with Crippen LogP contribution in [-0.2, 0) is 15.1 Å². The van der Waals surface area contributed by atoms with Gasteiger partial charge in [-0.05, 0) is 32.0 Å². The van der Waals surface area contributed by atoms with Crippen LogP contribution in [0.3, 0.4) is 0 Å². The second kappa shape index (κ2) is 7.47. The lowest BCUT2D eigenvalue weighted by Gasteiger charge is -2.30. The molecule has 0 radical (unpaired) electrons. The van der Waals surface area contributed by atoms with Crippen LogP contribution in [0.1, 0.15) is 25.8 Å². The Morgan fingerprint density at radius 2 is 1.96 bits per heavy atom. The Balaban J connectivity index is 2.78. The number of halogens is 3. The van der Waals surface area contributed by atoms with E-state index in [1.807, 2.05) is 0 Å². The van der Waals surface area contributed by atoms with Gasteiger partial charge in [0.05, 0.1) is 13.7 Å². The number of nitrogens with one attached hydrogen (secondary N) is 2. The summed E-state index contributed by atoms with van der Waals surface area (Å²) in [6.45, 7) is 2.45. The van der Waals surface area contributed by atoms with E-state index >= 15 is 0 Å². The number of carbonyl (C=O) groups excluding carboxylic acids is 2. The molecule has 0 aliphatic rings. The Hall–Kier alpha value is -2.75. The number of ether oxygens (including phenoxy) is 2. The van der Waals surface area contributed by atoms with Crippen molar-refractivity contribution in [3.8, 4) is 5.75 Å². The number of alkyl halides is 3. The molecular formula is C17H19F3N2O5. The molecule has 1 amide bonds. The maximum atomic E-state index is 13.8. The third-order valence-electron chi connectivity index (χ3n) is 3.90. The van der Waals surface area contributed by atoms with Gasteiger partial charge in [-0.3, -0.25) is 10.1 Å². The fraction of sp³-hybridized carbons (Fsp3) is 0.412. The number of carbonyl (C=O) groups is 2. The number of rotatable bonds is 6. The zero-order chi connectivity index (χ0) is 20.4. The Kier molecular flexibility index (Phi) is 5.69. The van der Waals surface area contributed by atoms with Crippen LogP contribution in [0, 0.1) is 0 Å². The summed E-state index contributed by atoms with van der Waals surface area (Å²) in [6, 6.07) is 4.20. The standard InChI is InChI=1S/C17H19F3N2O5/c1-4-27-15(24)22-14-13(16(25,8-9(2)23)17(18,19)20)11-7-10(26-3)5-6-12(11)21-14/h5-7,21,25H,4,8H2,1-3H3,(H,22,24). The molecule has 148 valence electrons. The highest BCUT2D eigenvalue weighted by Gasteiger charge is 2.57. The summed E-state index contributed by atoms with van der Waals surface area (Å²) in [7, 11) is 1.33. The summed E-state index contributed by atoms with van der Waals surface area (Å²) in [6.07, 6.45) is -7.43. The molecule has 7 nitrogen and oxygen atoms in total. The van der Waals surface area contributed by atoms with Crippen molar-refractivity contribution in [3.63, 3.8) is 0 Å². The Morgan fingerprint density at radius 1 is 1.30 bits per heavy atom. The van der Waals surface area contributed by atoms with Crippen LogP contribution in [0.5, 0.6) is 5.75 Å². The molecule has 10 heteroatoms. The molecule has 1 aromatic carbocycles. The van der Waals surface area contributed by atoms with Crippen LogP contribution in [-0.4, -0.2) is 41.9 Å². The number of aromatic amines is 1. The quantitative estimate of drug-likeness (QED) is 0.704. The average molecular weight is 388 g/mol. The van der Waals surface area contributed by atoms with Gasteiger partial charge in [-0.25, -0.2) is 4.79 Å². The minimum atomic E-state index is -5.19. The van der Waals surface area contributed by atoms with Gasteiger partial charge in [-0.1, -0.05) is 0 Å². The SMILES string of the molecule is CCOC(=O)Nc1[nH]c2ccc(OC)cc2c1C(O)(CC(C)=O)C(F)(F)F. The van der Waals surface area contributed by atoms with Crippen LogP contribution < -0.4 is 10.1 Å². The Morgan fingerprint density at radius 3 is 2.48 bits per heavy atom. The van der Waals surface area contributed by atoms with Crippen molar-refractivity contribution in [3.05, 3.63) is 23.8 Å². The highest BCUT2D eigenvalue weighted by molar-refractivity contribution is 5.96. The van der Waals surface area contributed by atoms with Gasteiger partial charge in [0.2, 0.25) is 0 Å². The number of ketones is 1. The topological polar surface area (TPSA) is 101 Å². The number of hydrogen-bond acceptors (Lipinski definition) is 5. The number of amides is 1. The predicted molar refractivity (Wildman–Crippen MR) is 90.7 cm³/mol. The first-order valence-electron chi connectivity index (χ1n) is 7.96. The van der Waals surface area contributed by atoms with Gasteiger partial charge < -0.3 is 19.6 Å². The van der Waals surface area contributed by atoms with Crippen molar-refractivity contribution < 1.29 is 37.3 Å². The van der Waals surface area contributed by atoms with E-state index in [1.54, 1.807) is 0 Å². The molecule has 0 bridgehead atoms. The number of hydrogen-bond donors (Lipinski definition) is 3. The van der Waals surface area contributed by atoms with Crippen molar-refractivity contribution in [2.24, 2.45) is 0 Å². The van der Waals surface area contributed by atoms with E-state index in [4.69, 9.17) is 9.47 Å². The molecular weight excluding hydrogens is 369 g/mol. The first-order chi connectivity index (χ1) is 12.5. The lowest BCUT2D eigenvalue weighted by atomic mass is 9.87. The van der Waals surface area contributed by atoms with Crippen molar-refractivity contribution in [1.82, 2.24) is 4.98 Å². The molecule has 0 spiro atoms. The molecule has 1 heterocycles. The third-order valence-corrected chi connectivity index (χ3v) is 3.90. The summed E-state index contributed by atoms with van der Waals surface area (Å²) in [5, 5.41) is 12.7. The summed E-state index contributed by atoms with van der Waals surface area (Å²) in [4.78, 5) is 25.9. The Bertz CT molecular complexity index is 862. The molecule has 1 aromatic heterocycles. The third kappa shape index (κ3) is 4.00. The number of methoxy groups -OCH3 is 1. The lowest BCUT2D eigenvalue weighted by Crippen LogP contribution is -2.44. The first-order valence-corrected chi connectivity index (χ1v) is 7.96. The molecule has 0 saturated heterocycles. The zero-order valence-electron chi connectivity index (χ0n) is 14.9. The largest absolute Gasteiger partial charge is 0.497 e. The first kappa shape index (κ1) is 20.6. The second-order valence-electron chi connectivity index (χ2n) is 5.87. The second-order valence-corrected chi connectivity index (χ2v) is 5.87. The van der Waals surface area contributed by atoms with Crippen molar-refractivity contribution >= 4 is 28.6 Å². The van der Waals surface area contributed by atoms with Crippen LogP contribution in [0.25, 0.3) is 10.9 Å². The van der Waals surface area contributed by atoms with Gasteiger partial charge in [0, 0.05) is 22.9 Å². The summed E-state index contributed by atoms with van der Waals surface area (Å²) in [5.74, 6) is -1.07. The molecule has 1 atom stereocenters. The van der Waals surface area contributed by atoms with Crippen molar-refractivity contribution in [1.29, 1.82) is 0 Å². The molecule has 27 heavy (non-hydrogen) atoms. The maximum Gasteiger partial charge on any atom is 0.422 e. The van der Waals surface area contributed by atoms with Crippen LogP contribution >= 0.6 is 0 Å². The van der Waals surface area contributed by atoms with Gasteiger partial charge >= 0.3 is 12.3 Å². The molecule has 1 unspecified atom stereocenters. The lowest BCUT2D eigenvalue weighted by molar-refractivity contribution is -0.266. The van der Waals surface area contributed by atoms with Gasteiger partial charge in [-0.2, -0.15) is 13.2 Å². The minimum Gasteiger partial charge on any atom is -0.497 e. The molecule has 3 N–H and O–H groups in total. The fourth-order valence-corrected chi connectivity index (χ4v) is 2.78. The summed E-state index contributed by atoms with van der Waals surface area (Å²) >= 11 is 0. The highest BCUT2D eigenvalue weighted by Crippen LogP contribution is 2.48. The van der Waals surface area contributed by atoms with Crippen LogP contribution in [0.15, 0.2) is 18.2 Å². The smallest absolute Gasteiger partial charge is 0.422 e. The molecule has 0 saturated carbocycles. The van der Waals surface area contributed by atoms with Crippen molar-refractivity contribution in [2.45, 2.75) is 32.0 Å². The molecule has 0 aliphatic carbocycles. The van der Waals surface area contributed by atoms with Crippen LogP contribution in [0.2, 0.25) is 0 Å². The number of benzene rings is 1. The predicted octanol–water partition coefficient (Wildman–Crippen LogP) is 3.47. The molecule has 0 fully saturated rings. The van der Waals surface area contributed by atoms with E-state index in [0.29, 0.717) is 0 Å². The molecule has 0 aliphatic heterocycles. The van der Waals surface area contributed by atoms with Gasteiger partial charge in [0.15, 0.2) is 5.60 Å². The van der Waals surface area contributed by atoms with Gasteiger partial charge in [-0.15, -0.1) is 0 Å². The molecule has 2 rings (SSSR count). The maximum absolute atomic E-state index is 13.8. The monoisotopic (exact) mass is 388 g/mol. The van der Waals surface area contributed by atoms with E-state index in [0.717, 1.165) is 6.92 Å². The van der Waals surface area contributed by atoms with E-state index < -0.39 is 41.5 Å². The number of anilines is 1. The van der Waals surface area contributed by atoms with Gasteiger partial charge in [0.1, 0.15) is 17.4 Å². The molecule has 2 aromatic rings. The van der Waals surface area contributed by atoms with E-state index in [1.165, 1.54) is 32.2 Å². The highest BCUT2D eigenvalue weighted by atomic mass is 19.4. The van der Waals surface area contributed by atoms with E-state index in [2.05, 4.69) is 10.3 Å². The number of aromatic nitrogens is 1. The van der Waals surface area contributed by atoms with E-state index in [9.17, 15) is 27.9 Å². The number of Topliss-reactive ketones (excluding diaryl/α,β-unsaturated/α-hetero) is 1. The number of fused-ring (bicyclic) bond motifs is 1. The minimum absolute atomic E-state index is 0.00774. The summed E-state index contributed by atoms with van der Waals surface area (Å²) < 4.78 is 51.2. The summed E-state index contributed by atoms with van der Waals surface area (Å²) in [5.41, 5.74) is -4.02. The van der Waals surface area contributed by atoms with Gasteiger partial charge in [0.25, 0.3) is 0 Å². The van der Waals surface area contributed by atoms with E-state index in [-0.39, 0.29) is 23.3 Å².